The van der Waals surface area contributed by atoms with E-state index in [1.54, 1.807) is 23.1 Å². The number of benzene rings is 1. The normalized spacial score (nSPS) is 26.4. The molecule has 36 heavy (non-hydrogen) atoms. The lowest BCUT2D eigenvalue weighted by molar-refractivity contribution is -0.133. The summed E-state index contributed by atoms with van der Waals surface area (Å²) in [5.74, 6) is -1.29. The van der Waals surface area contributed by atoms with Crippen LogP contribution in [-0.4, -0.2) is 63.6 Å². The monoisotopic (exact) mass is 533 g/mol. The second kappa shape index (κ2) is 10.1. The zero-order chi connectivity index (χ0) is 25.6. The molecule has 2 aromatic rings. The third-order valence-corrected chi connectivity index (χ3v) is 8.80. The fourth-order valence-corrected chi connectivity index (χ4v) is 6.75. The fraction of sp³-hybridized carbons (Fsp3) is 0.538. The summed E-state index contributed by atoms with van der Waals surface area (Å²) in [6, 6.07) is 3.27. The first-order valence-electron chi connectivity index (χ1n) is 12.5. The number of hydrogen-bond donors (Lipinski definition) is 3. The van der Waals surface area contributed by atoms with Crippen molar-refractivity contribution in [2.45, 2.75) is 57.0 Å². The average Bonchev–Trinajstić information content (AvgIpc) is 3.64. The van der Waals surface area contributed by atoms with Gasteiger partial charge in [-0.3, -0.25) is 19.2 Å². The smallest absolute Gasteiger partial charge is 0.271 e. The summed E-state index contributed by atoms with van der Waals surface area (Å²) in [6.45, 7) is -0.278. The van der Waals surface area contributed by atoms with Crippen molar-refractivity contribution in [2.24, 2.45) is 17.8 Å². The van der Waals surface area contributed by atoms with Gasteiger partial charge in [0, 0.05) is 24.3 Å². The Bertz CT molecular complexity index is 1190. The van der Waals surface area contributed by atoms with Crippen LogP contribution in [0.4, 0.5) is 0 Å². The highest BCUT2D eigenvalue weighted by Crippen LogP contribution is 2.43. The number of likely N-dealkylation sites (tertiary alicyclic amines) is 1. The average molecular weight is 534 g/mol. The number of carbonyl (C=O) groups is 4. The van der Waals surface area contributed by atoms with Gasteiger partial charge in [-0.1, -0.05) is 29.6 Å². The van der Waals surface area contributed by atoms with Crippen molar-refractivity contribution in [3.63, 3.8) is 0 Å². The highest BCUT2D eigenvalue weighted by atomic mass is 35.5. The Morgan fingerprint density at radius 2 is 1.92 bits per heavy atom. The van der Waals surface area contributed by atoms with E-state index in [1.807, 2.05) is 0 Å². The van der Waals surface area contributed by atoms with Crippen LogP contribution in [0.15, 0.2) is 18.2 Å². The number of aromatic nitrogens is 1. The summed E-state index contributed by atoms with van der Waals surface area (Å²) >= 11 is 12.6. The van der Waals surface area contributed by atoms with Gasteiger partial charge in [-0.15, -0.1) is 0 Å². The molecule has 3 N–H and O–H groups in total. The maximum Gasteiger partial charge on any atom is 0.271 e. The molecule has 1 aliphatic heterocycles. The molecule has 1 aromatic heterocycles. The third kappa shape index (κ3) is 4.55. The van der Waals surface area contributed by atoms with Crippen LogP contribution in [0.1, 0.15) is 55.4 Å². The zero-order valence-corrected chi connectivity index (χ0v) is 21.3. The number of ketones is 2. The van der Waals surface area contributed by atoms with Gasteiger partial charge in [0.05, 0.1) is 21.6 Å². The van der Waals surface area contributed by atoms with Gasteiger partial charge in [-0.2, -0.15) is 0 Å². The summed E-state index contributed by atoms with van der Waals surface area (Å²) in [4.78, 5) is 56.6. The van der Waals surface area contributed by atoms with E-state index in [2.05, 4.69) is 10.3 Å². The number of nitrogens with zero attached hydrogens (tertiary/aromatic N) is 1. The number of aromatic amines is 1. The molecule has 2 saturated carbocycles. The van der Waals surface area contributed by atoms with E-state index >= 15 is 0 Å². The lowest BCUT2D eigenvalue weighted by Crippen LogP contribution is -2.53. The van der Waals surface area contributed by atoms with E-state index in [-0.39, 0.29) is 41.6 Å². The van der Waals surface area contributed by atoms with E-state index in [0.29, 0.717) is 40.3 Å². The van der Waals surface area contributed by atoms with Crippen LogP contribution in [0.5, 0.6) is 0 Å². The second-order valence-electron chi connectivity index (χ2n) is 10.2. The van der Waals surface area contributed by atoms with E-state index in [9.17, 15) is 24.3 Å². The van der Waals surface area contributed by atoms with Gasteiger partial charge < -0.3 is 20.3 Å². The first-order valence-corrected chi connectivity index (χ1v) is 13.3. The van der Waals surface area contributed by atoms with Crippen molar-refractivity contribution in [1.82, 2.24) is 15.2 Å². The van der Waals surface area contributed by atoms with Crippen LogP contribution in [-0.2, 0) is 14.4 Å². The van der Waals surface area contributed by atoms with Crippen molar-refractivity contribution in [1.29, 1.82) is 0 Å². The van der Waals surface area contributed by atoms with Crippen molar-refractivity contribution < 1.29 is 24.3 Å². The topological polar surface area (TPSA) is 120 Å². The molecule has 2 amide bonds. The van der Waals surface area contributed by atoms with Gasteiger partial charge >= 0.3 is 0 Å². The molecule has 5 atom stereocenters. The Labute approximate surface area is 218 Å². The zero-order valence-electron chi connectivity index (χ0n) is 19.8. The summed E-state index contributed by atoms with van der Waals surface area (Å²) in [5.41, 5.74) is 0.847. The van der Waals surface area contributed by atoms with Gasteiger partial charge in [0.1, 0.15) is 24.1 Å². The van der Waals surface area contributed by atoms with Crippen molar-refractivity contribution in [3.05, 3.63) is 33.9 Å². The molecule has 0 radical (unpaired) electrons. The molecule has 2 aliphatic carbocycles. The summed E-state index contributed by atoms with van der Waals surface area (Å²) in [6.07, 6.45) is 4.82. The Morgan fingerprint density at radius 1 is 1.14 bits per heavy atom. The number of fused-ring (bicyclic) bond motifs is 2. The molecular formula is C26H29Cl2N3O5. The van der Waals surface area contributed by atoms with Crippen molar-refractivity contribution in [2.75, 3.05) is 13.2 Å². The molecule has 1 saturated heterocycles. The number of hydrogen-bond acceptors (Lipinski definition) is 5. The Morgan fingerprint density at radius 3 is 2.61 bits per heavy atom. The van der Waals surface area contributed by atoms with Gasteiger partial charge in [0.15, 0.2) is 5.78 Å². The predicted octanol–water partition coefficient (Wildman–Crippen LogP) is 3.52. The number of aliphatic hydroxyl groups excluding tert-OH is 1. The van der Waals surface area contributed by atoms with Crippen LogP contribution in [0.25, 0.3) is 10.9 Å². The van der Waals surface area contributed by atoms with Gasteiger partial charge in [-0.25, -0.2) is 0 Å². The van der Waals surface area contributed by atoms with E-state index in [1.165, 1.54) is 0 Å². The van der Waals surface area contributed by atoms with Gasteiger partial charge in [-0.05, 0) is 62.1 Å². The number of amides is 2. The lowest BCUT2D eigenvalue weighted by Gasteiger charge is -2.29. The minimum absolute atomic E-state index is 0.0107. The maximum absolute atomic E-state index is 13.7. The summed E-state index contributed by atoms with van der Waals surface area (Å²) < 4.78 is 0. The van der Waals surface area contributed by atoms with Crippen LogP contribution >= 0.6 is 23.2 Å². The third-order valence-electron chi connectivity index (χ3n) is 8.15. The number of rotatable bonds is 7. The highest BCUT2D eigenvalue weighted by molar-refractivity contribution is 6.40. The van der Waals surface area contributed by atoms with Gasteiger partial charge in [0.2, 0.25) is 5.91 Å². The standard InChI is InChI=1S/C26H29Cl2N3O5/c27-17-7-8-18(28)23-16(17)10-20(29-23)26(36)31-11-14-4-1-5-15(14)24(31)25(35)30-19(22(34)12-32)9-13-3-2-6-21(13)33/h7-8,10,13-15,19,24,29,32H,1-6,9,11-12H2,(H,30,35)/t13-,14-,15-,19-,24-/m0/s1. The SMILES string of the molecule is O=C1CCC[C@H]1C[C@H](NC(=O)[C@@H]1[C@H]2CCC[C@H]2CN1C(=O)c1cc2c(Cl)ccc(Cl)c2[nH]1)C(=O)CO. The largest absolute Gasteiger partial charge is 0.389 e. The molecule has 10 heteroatoms. The molecule has 192 valence electrons. The first kappa shape index (κ1) is 25.2. The second-order valence-corrected chi connectivity index (χ2v) is 11.0. The summed E-state index contributed by atoms with van der Waals surface area (Å²) in [7, 11) is 0. The molecule has 3 aliphatic rings. The molecule has 0 unspecified atom stereocenters. The van der Waals surface area contributed by atoms with Crippen LogP contribution in [0.2, 0.25) is 10.0 Å². The molecule has 0 spiro atoms. The van der Waals surface area contributed by atoms with Crippen molar-refractivity contribution in [3.8, 4) is 0 Å². The van der Waals surface area contributed by atoms with Crippen LogP contribution in [0, 0.1) is 17.8 Å². The summed E-state index contributed by atoms with van der Waals surface area (Å²) in [5, 5.41) is 13.8. The number of nitrogens with one attached hydrogen (secondary N) is 2. The number of H-pyrrole nitrogens is 1. The lowest BCUT2D eigenvalue weighted by atomic mass is 9.91. The van der Waals surface area contributed by atoms with E-state index in [0.717, 1.165) is 25.7 Å². The molecule has 0 bridgehead atoms. The Balaban J connectivity index is 1.40. The molecular weight excluding hydrogens is 505 g/mol. The fourth-order valence-electron chi connectivity index (χ4n) is 6.33. The quantitative estimate of drug-likeness (QED) is 0.502. The van der Waals surface area contributed by atoms with E-state index < -0.39 is 30.4 Å². The molecule has 5 rings (SSSR count). The molecule has 8 nitrogen and oxygen atoms in total. The molecule has 2 heterocycles. The predicted molar refractivity (Wildman–Crippen MR) is 135 cm³/mol. The molecule has 3 fully saturated rings. The highest BCUT2D eigenvalue weighted by Gasteiger charge is 2.50. The Kier molecular flexibility index (Phi) is 7.12. The van der Waals surface area contributed by atoms with E-state index in [4.69, 9.17) is 23.2 Å². The number of aliphatic hydroxyl groups is 1. The Hall–Kier alpha value is -2.42. The number of Topliss-reactive ketones (excluding diaryl/α,β-unsaturated/α-hetero) is 2. The number of carbonyl (C=O) groups excluding carboxylic acids is 4. The molecule has 1 aromatic carbocycles. The van der Waals surface area contributed by atoms with Crippen LogP contribution < -0.4 is 5.32 Å². The number of halogens is 2. The minimum atomic E-state index is -0.961. The minimum Gasteiger partial charge on any atom is -0.389 e. The first-order chi connectivity index (χ1) is 17.3. The maximum atomic E-state index is 13.7. The van der Waals surface area contributed by atoms with Crippen LogP contribution in [0.3, 0.4) is 0 Å². The van der Waals surface area contributed by atoms with Crippen molar-refractivity contribution >= 4 is 57.5 Å². The van der Waals surface area contributed by atoms with Gasteiger partial charge in [0.25, 0.3) is 5.91 Å².